The van der Waals surface area contributed by atoms with E-state index in [9.17, 15) is 35.2 Å². The topological polar surface area (TPSA) is 63.2 Å². The summed E-state index contributed by atoms with van der Waals surface area (Å²) in [4.78, 5) is 11.3. The highest BCUT2D eigenvalue weighted by Gasteiger charge is 2.31. The first-order valence-corrected chi connectivity index (χ1v) is 8.18. The summed E-state index contributed by atoms with van der Waals surface area (Å²) in [5, 5.41) is 2.11. The normalized spacial score (nSPS) is 12.2. The van der Waals surface area contributed by atoms with E-state index in [4.69, 9.17) is 0 Å². The Kier molecular flexibility index (Phi) is 5.12. The average molecular weight is 379 g/mol. The molecule has 0 fully saturated rings. The minimum absolute atomic E-state index is 0.197. The number of sulfone groups is 1. The molecule has 0 spiro atoms. The molecule has 0 atom stereocenters. The number of alkyl halides is 5. The van der Waals surface area contributed by atoms with E-state index in [2.05, 4.69) is 5.32 Å². The molecule has 0 aliphatic rings. The Morgan fingerprint density at radius 1 is 0.960 bits per heavy atom. The Morgan fingerprint density at radius 3 is 2.04 bits per heavy atom. The van der Waals surface area contributed by atoms with Crippen LogP contribution in [0.3, 0.4) is 0 Å². The van der Waals surface area contributed by atoms with Gasteiger partial charge >= 0.3 is 11.9 Å². The monoisotopic (exact) mass is 379 g/mol. The second kappa shape index (κ2) is 6.79. The minimum Gasteiger partial charge on any atom is -0.321 e. The summed E-state index contributed by atoms with van der Waals surface area (Å²) in [5.74, 6) is -4.62. The van der Waals surface area contributed by atoms with Crippen LogP contribution in [0.5, 0.6) is 0 Å². The molecule has 0 heterocycles. The maximum atomic E-state index is 12.7. The van der Waals surface area contributed by atoms with Crippen molar-refractivity contribution < 1.29 is 35.2 Å². The number of rotatable bonds is 4. The Bertz CT molecular complexity index is 877. The third kappa shape index (κ3) is 4.13. The van der Waals surface area contributed by atoms with Crippen molar-refractivity contribution in [1.82, 2.24) is 0 Å². The molecular formula is C15H10F5NO3S. The van der Waals surface area contributed by atoms with Crippen molar-refractivity contribution in [3.05, 3.63) is 59.7 Å². The minimum atomic E-state index is -4.96. The fourth-order valence-electron chi connectivity index (χ4n) is 1.92. The molecule has 0 unspecified atom stereocenters. The molecule has 0 aliphatic carbocycles. The Balaban J connectivity index is 2.31. The first-order chi connectivity index (χ1) is 11.5. The van der Waals surface area contributed by atoms with Crippen LogP contribution in [0.25, 0.3) is 0 Å². The fourth-order valence-corrected chi connectivity index (χ4v) is 2.80. The molecule has 0 saturated heterocycles. The second-order valence-electron chi connectivity index (χ2n) is 4.83. The highest BCUT2D eigenvalue weighted by Crippen LogP contribution is 2.30. The second-order valence-corrected chi connectivity index (χ2v) is 6.72. The predicted octanol–water partition coefficient (Wildman–Crippen LogP) is 3.95. The highest BCUT2D eigenvalue weighted by molar-refractivity contribution is 7.91. The molecule has 0 aliphatic heterocycles. The lowest BCUT2D eigenvalue weighted by Gasteiger charge is -2.12. The summed E-state index contributed by atoms with van der Waals surface area (Å²) in [7, 11) is -4.96. The number of benzene rings is 2. The molecule has 0 saturated carbocycles. The quantitative estimate of drug-likeness (QED) is 0.818. The van der Waals surface area contributed by atoms with Crippen molar-refractivity contribution >= 4 is 21.4 Å². The number of carbonyl (C=O) groups is 1. The lowest BCUT2D eigenvalue weighted by atomic mass is 10.1. The van der Waals surface area contributed by atoms with E-state index in [-0.39, 0.29) is 5.56 Å². The van der Waals surface area contributed by atoms with Crippen LogP contribution in [-0.4, -0.2) is 20.1 Å². The smallest absolute Gasteiger partial charge is 0.321 e. The standard InChI is InChI=1S/C15H10F5NO3S/c16-14(17)25(23,24)12-4-2-1-3-11(12)21-13(22)9-5-7-10(8-6-9)15(18,19)20/h1-8,14H,(H,21,22). The van der Waals surface area contributed by atoms with Gasteiger partial charge in [0.1, 0.15) is 0 Å². The number of nitrogens with one attached hydrogen (secondary N) is 1. The van der Waals surface area contributed by atoms with Crippen molar-refractivity contribution in [2.24, 2.45) is 0 Å². The molecule has 1 amide bonds. The van der Waals surface area contributed by atoms with E-state index in [0.29, 0.717) is 12.1 Å². The van der Waals surface area contributed by atoms with Gasteiger partial charge in [0.05, 0.1) is 16.1 Å². The molecule has 2 aromatic carbocycles. The third-order valence-corrected chi connectivity index (χ3v) is 4.59. The van der Waals surface area contributed by atoms with Crippen molar-refractivity contribution in [3.63, 3.8) is 0 Å². The molecule has 10 heteroatoms. The number of para-hydroxylation sites is 1. The number of hydrogen-bond acceptors (Lipinski definition) is 3. The van der Waals surface area contributed by atoms with E-state index < -0.39 is 43.8 Å². The summed E-state index contributed by atoms with van der Waals surface area (Å²) in [6.45, 7) is 0. The van der Waals surface area contributed by atoms with Crippen LogP contribution in [0, 0.1) is 0 Å². The molecule has 2 rings (SSSR count). The highest BCUT2D eigenvalue weighted by atomic mass is 32.2. The number of halogens is 5. The summed E-state index contributed by atoms with van der Waals surface area (Å²) in [5.41, 5.74) is -1.56. The summed E-state index contributed by atoms with van der Waals surface area (Å²) in [6.07, 6.45) is -4.58. The van der Waals surface area contributed by atoms with Gasteiger partial charge in [-0.05, 0) is 36.4 Å². The molecule has 134 valence electrons. The Morgan fingerprint density at radius 2 is 1.52 bits per heavy atom. The zero-order chi connectivity index (χ0) is 18.8. The number of hydrogen-bond donors (Lipinski definition) is 1. The number of amides is 1. The maximum Gasteiger partial charge on any atom is 0.416 e. The van der Waals surface area contributed by atoms with Gasteiger partial charge in [0.25, 0.3) is 5.91 Å². The van der Waals surface area contributed by atoms with Crippen molar-refractivity contribution in [1.29, 1.82) is 0 Å². The zero-order valence-electron chi connectivity index (χ0n) is 12.2. The molecular weight excluding hydrogens is 369 g/mol. The van der Waals surface area contributed by atoms with Crippen LogP contribution in [0.1, 0.15) is 15.9 Å². The van der Waals surface area contributed by atoms with Crippen molar-refractivity contribution in [2.75, 3.05) is 5.32 Å². The van der Waals surface area contributed by atoms with Crippen LogP contribution in [-0.2, 0) is 16.0 Å². The molecule has 0 bridgehead atoms. The van der Waals surface area contributed by atoms with E-state index in [1.165, 1.54) is 12.1 Å². The Labute approximate surface area is 139 Å². The lowest BCUT2D eigenvalue weighted by Crippen LogP contribution is -2.18. The summed E-state index contributed by atoms with van der Waals surface area (Å²) >= 11 is 0. The van der Waals surface area contributed by atoms with Gasteiger partial charge in [-0.15, -0.1) is 0 Å². The largest absolute Gasteiger partial charge is 0.416 e. The SMILES string of the molecule is O=C(Nc1ccccc1S(=O)(=O)C(F)F)c1ccc(C(F)(F)F)cc1. The zero-order valence-corrected chi connectivity index (χ0v) is 13.0. The van der Waals surface area contributed by atoms with Gasteiger partial charge < -0.3 is 5.32 Å². The van der Waals surface area contributed by atoms with E-state index in [0.717, 1.165) is 24.3 Å². The molecule has 2 aromatic rings. The lowest BCUT2D eigenvalue weighted by molar-refractivity contribution is -0.137. The van der Waals surface area contributed by atoms with Gasteiger partial charge in [0, 0.05) is 5.56 Å². The third-order valence-electron chi connectivity index (χ3n) is 3.15. The van der Waals surface area contributed by atoms with Gasteiger partial charge in [-0.25, -0.2) is 8.42 Å². The first kappa shape index (κ1) is 18.8. The average Bonchev–Trinajstić information content (AvgIpc) is 2.54. The number of anilines is 1. The van der Waals surface area contributed by atoms with E-state index in [1.54, 1.807) is 0 Å². The van der Waals surface area contributed by atoms with E-state index in [1.807, 2.05) is 0 Å². The summed E-state index contributed by atoms with van der Waals surface area (Å²) in [6, 6.07) is 7.63. The summed E-state index contributed by atoms with van der Waals surface area (Å²) < 4.78 is 86.0. The molecule has 4 nitrogen and oxygen atoms in total. The van der Waals surface area contributed by atoms with Gasteiger partial charge in [-0.3, -0.25) is 4.79 Å². The molecule has 0 radical (unpaired) electrons. The van der Waals surface area contributed by atoms with Crippen molar-refractivity contribution in [2.45, 2.75) is 16.8 Å². The van der Waals surface area contributed by atoms with Crippen LogP contribution >= 0.6 is 0 Å². The van der Waals surface area contributed by atoms with Crippen LogP contribution in [0.15, 0.2) is 53.4 Å². The van der Waals surface area contributed by atoms with Gasteiger partial charge in [0.2, 0.25) is 9.84 Å². The Hall–Kier alpha value is -2.49. The molecule has 0 aromatic heterocycles. The fraction of sp³-hybridized carbons (Fsp3) is 0.133. The predicted molar refractivity (Wildman–Crippen MR) is 79.0 cm³/mol. The first-order valence-electron chi connectivity index (χ1n) is 6.63. The number of carbonyl (C=O) groups excluding carboxylic acids is 1. The van der Waals surface area contributed by atoms with Crippen LogP contribution in [0.2, 0.25) is 0 Å². The van der Waals surface area contributed by atoms with E-state index >= 15 is 0 Å². The molecule has 25 heavy (non-hydrogen) atoms. The van der Waals surface area contributed by atoms with Gasteiger partial charge in [-0.2, -0.15) is 22.0 Å². The van der Waals surface area contributed by atoms with Gasteiger partial charge in [-0.1, -0.05) is 12.1 Å². The van der Waals surface area contributed by atoms with Crippen LogP contribution in [0.4, 0.5) is 27.6 Å². The van der Waals surface area contributed by atoms with Crippen molar-refractivity contribution in [3.8, 4) is 0 Å². The molecule has 1 N–H and O–H groups in total. The van der Waals surface area contributed by atoms with Gasteiger partial charge in [0.15, 0.2) is 0 Å². The maximum absolute atomic E-state index is 12.7. The van der Waals surface area contributed by atoms with Crippen LogP contribution < -0.4 is 5.32 Å².